The molecule has 0 radical (unpaired) electrons. The summed E-state index contributed by atoms with van der Waals surface area (Å²) in [6, 6.07) is 12.3. The normalized spacial score (nSPS) is 12.8. The number of para-hydroxylation sites is 1. The Kier molecular flexibility index (Phi) is 7.58. The number of amides is 1. The summed E-state index contributed by atoms with van der Waals surface area (Å²) in [5, 5.41) is 0.457. The number of halogens is 2. The van der Waals surface area contributed by atoms with Crippen LogP contribution in [-0.4, -0.2) is 32.8 Å². The van der Waals surface area contributed by atoms with Crippen LogP contribution in [0, 0.1) is 17.2 Å². The monoisotopic (exact) mass is 471 g/mol. The van der Waals surface area contributed by atoms with Gasteiger partial charge in [-0.3, -0.25) is 14.2 Å². The first-order valence-corrected chi connectivity index (χ1v) is 11.7. The van der Waals surface area contributed by atoms with Crippen LogP contribution in [-0.2, 0) is 4.79 Å². The third kappa shape index (κ3) is 5.27. The smallest absolute Gasteiger partial charge is 0.266 e. The minimum atomic E-state index is -0.773. The zero-order valence-electron chi connectivity index (χ0n) is 19.8. The number of alkyl halides is 1. The van der Waals surface area contributed by atoms with E-state index in [0.29, 0.717) is 34.9 Å². The molecule has 33 heavy (non-hydrogen) atoms. The van der Waals surface area contributed by atoms with Crippen LogP contribution >= 0.6 is 11.6 Å². The number of carbonyl (C=O) groups is 1. The van der Waals surface area contributed by atoms with Gasteiger partial charge >= 0.3 is 0 Å². The van der Waals surface area contributed by atoms with E-state index < -0.39 is 17.3 Å². The van der Waals surface area contributed by atoms with Crippen molar-refractivity contribution < 1.29 is 9.18 Å². The number of hydrogen-bond acceptors (Lipinski definition) is 3. The Morgan fingerprint density at radius 2 is 1.76 bits per heavy atom. The van der Waals surface area contributed by atoms with Gasteiger partial charge in [-0.1, -0.05) is 26.0 Å². The fourth-order valence-corrected chi connectivity index (χ4v) is 3.84. The van der Waals surface area contributed by atoms with Crippen molar-refractivity contribution in [3.8, 4) is 5.69 Å². The van der Waals surface area contributed by atoms with Crippen LogP contribution in [0.5, 0.6) is 0 Å². The van der Waals surface area contributed by atoms with Crippen molar-refractivity contribution in [2.24, 2.45) is 11.3 Å². The molecule has 0 N–H and O–H groups in total. The third-order valence-electron chi connectivity index (χ3n) is 5.85. The number of nitrogens with zero attached hydrogens (tertiary/aromatic N) is 3. The summed E-state index contributed by atoms with van der Waals surface area (Å²) >= 11 is 6.14. The minimum Gasteiger partial charge on any atom is -0.332 e. The molecule has 0 aliphatic rings. The van der Waals surface area contributed by atoms with Crippen molar-refractivity contribution in [3.63, 3.8) is 0 Å². The molecular weight excluding hydrogens is 441 g/mol. The first-order valence-electron chi connectivity index (χ1n) is 11.2. The molecule has 0 fully saturated rings. The lowest BCUT2D eigenvalue weighted by Crippen LogP contribution is -2.45. The van der Waals surface area contributed by atoms with Gasteiger partial charge in [-0.2, -0.15) is 0 Å². The van der Waals surface area contributed by atoms with Gasteiger partial charge < -0.3 is 4.90 Å². The molecule has 2 aromatic carbocycles. The molecule has 0 aliphatic heterocycles. The van der Waals surface area contributed by atoms with Gasteiger partial charge in [0.25, 0.3) is 5.56 Å². The minimum absolute atomic E-state index is 0.0984. The third-order valence-corrected chi connectivity index (χ3v) is 6.52. The van der Waals surface area contributed by atoms with E-state index in [9.17, 15) is 14.0 Å². The maximum atomic E-state index is 13.6. The van der Waals surface area contributed by atoms with E-state index in [1.165, 1.54) is 16.7 Å². The fourth-order valence-electron chi connectivity index (χ4n) is 3.72. The number of fused-ring (bicyclic) bond motifs is 1. The van der Waals surface area contributed by atoms with E-state index in [-0.39, 0.29) is 17.3 Å². The van der Waals surface area contributed by atoms with E-state index in [2.05, 4.69) is 13.8 Å². The summed E-state index contributed by atoms with van der Waals surface area (Å²) in [6.45, 7) is 10.2. The summed E-state index contributed by atoms with van der Waals surface area (Å²) in [4.78, 5) is 33.7. The Hall–Kier alpha value is -2.73. The van der Waals surface area contributed by atoms with Gasteiger partial charge in [0.05, 0.1) is 28.0 Å². The Bertz CT molecular complexity index is 1190. The van der Waals surface area contributed by atoms with Crippen LogP contribution in [0.2, 0.25) is 0 Å². The first-order chi connectivity index (χ1) is 15.6. The van der Waals surface area contributed by atoms with Crippen molar-refractivity contribution in [1.29, 1.82) is 0 Å². The van der Waals surface area contributed by atoms with E-state index in [0.717, 1.165) is 6.42 Å². The van der Waals surface area contributed by atoms with Gasteiger partial charge in [0, 0.05) is 12.4 Å². The molecule has 7 heteroatoms. The molecule has 0 bridgehead atoms. The second-order valence-electron chi connectivity index (χ2n) is 9.48. The Labute approximate surface area is 199 Å². The number of carbonyl (C=O) groups excluding carboxylic acids is 1. The van der Waals surface area contributed by atoms with Gasteiger partial charge in [0.1, 0.15) is 11.6 Å². The van der Waals surface area contributed by atoms with Crippen molar-refractivity contribution in [2.75, 3.05) is 12.4 Å². The molecule has 176 valence electrons. The van der Waals surface area contributed by atoms with Crippen LogP contribution in [0.4, 0.5) is 4.39 Å². The van der Waals surface area contributed by atoms with E-state index in [1.54, 1.807) is 35.2 Å². The zero-order chi connectivity index (χ0) is 24.3. The highest BCUT2D eigenvalue weighted by atomic mass is 35.5. The topological polar surface area (TPSA) is 55.2 Å². The van der Waals surface area contributed by atoms with Crippen molar-refractivity contribution in [2.45, 2.75) is 47.1 Å². The highest BCUT2D eigenvalue weighted by molar-refractivity contribution is 6.19. The summed E-state index contributed by atoms with van der Waals surface area (Å²) in [5.74, 6) is 0.488. The van der Waals surface area contributed by atoms with Crippen LogP contribution in [0.1, 0.15) is 52.9 Å². The van der Waals surface area contributed by atoms with E-state index in [1.807, 2.05) is 26.8 Å². The molecule has 0 spiro atoms. The predicted molar refractivity (Wildman–Crippen MR) is 131 cm³/mol. The quantitative estimate of drug-likeness (QED) is 0.394. The van der Waals surface area contributed by atoms with Crippen LogP contribution in [0.25, 0.3) is 16.6 Å². The molecule has 3 rings (SSSR count). The van der Waals surface area contributed by atoms with Gasteiger partial charge in [-0.05, 0) is 69.5 Å². The number of hydrogen-bond donors (Lipinski definition) is 0. The van der Waals surface area contributed by atoms with Crippen molar-refractivity contribution in [1.82, 2.24) is 14.5 Å². The lowest BCUT2D eigenvalue weighted by molar-refractivity contribution is -0.142. The maximum Gasteiger partial charge on any atom is 0.266 e. The van der Waals surface area contributed by atoms with E-state index >= 15 is 0 Å². The average molecular weight is 472 g/mol. The first kappa shape index (κ1) is 24.9. The second kappa shape index (κ2) is 10.0. The van der Waals surface area contributed by atoms with Crippen molar-refractivity contribution in [3.05, 3.63) is 70.5 Å². The molecule has 1 aromatic heterocycles. The molecule has 5 nitrogen and oxygen atoms in total. The summed E-state index contributed by atoms with van der Waals surface area (Å²) in [6.07, 6.45) is 0.794. The number of rotatable bonds is 8. The molecule has 1 atom stereocenters. The zero-order valence-corrected chi connectivity index (χ0v) is 20.6. The predicted octanol–water partition coefficient (Wildman–Crippen LogP) is 5.73. The van der Waals surface area contributed by atoms with Gasteiger partial charge in [0.2, 0.25) is 5.91 Å². The van der Waals surface area contributed by atoms with Crippen LogP contribution in [0.15, 0.2) is 53.3 Å². The summed E-state index contributed by atoms with van der Waals surface area (Å²) < 4.78 is 15.1. The Morgan fingerprint density at radius 1 is 1.12 bits per heavy atom. The summed E-state index contributed by atoms with van der Waals surface area (Å²) in [5.41, 5.74) is 0.0110. The summed E-state index contributed by atoms with van der Waals surface area (Å²) in [7, 11) is 0. The number of benzene rings is 2. The molecule has 1 unspecified atom stereocenters. The highest BCUT2D eigenvalue weighted by Gasteiger charge is 2.35. The van der Waals surface area contributed by atoms with E-state index in [4.69, 9.17) is 16.6 Å². The molecule has 0 aliphatic carbocycles. The molecule has 1 heterocycles. The van der Waals surface area contributed by atoms with Crippen LogP contribution in [0.3, 0.4) is 0 Å². The lowest BCUT2D eigenvalue weighted by atomic mass is 9.93. The molecule has 0 saturated heterocycles. The Morgan fingerprint density at radius 3 is 2.36 bits per heavy atom. The molecule has 0 saturated carbocycles. The molecule has 1 amide bonds. The fraction of sp³-hybridized carbons (Fsp3) is 0.423. The van der Waals surface area contributed by atoms with Gasteiger partial charge in [0.15, 0.2) is 0 Å². The Balaban J connectivity index is 2.23. The average Bonchev–Trinajstić information content (AvgIpc) is 2.79. The maximum absolute atomic E-state index is 13.6. The van der Waals surface area contributed by atoms with Crippen LogP contribution < -0.4 is 5.56 Å². The molecular formula is C26H31ClFN3O2. The molecule has 3 aromatic rings. The largest absolute Gasteiger partial charge is 0.332 e. The second-order valence-corrected chi connectivity index (χ2v) is 9.75. The lowest BCUT2D eigenvalue weighted by Gasteiger charge is -2.36. The SMILES string of the molecule is CC(C)CCN(C(=O)C(C)(C)CCl)C(C)c1nc2ccccc2c(=O)n1-c1ccc(F)cc1. The van der Waals surface area contributed by atoms with Gasteiger partial charge in [-0.25, -0.2) is 9.37 Å². The van der Waals surface area contributed by atoms with Crippen molar-refractivity contribution >= 4 is 28.4 Å². The number of aromatic nitrogens is 2. The highest BCUT2D eigenvalue weighted by Crippen LogP contribution is 2.29. The van der Waals surface area contributed by atoms with Gasteiger partial charge in [-0.15, -0.1) is 11.6 Å². The standard InChI is InChI=1S/C26H31ClFN3O2/c1-17(2)14-15-30(25(33)26(4,5)16-27)18(3)23-29-22-9-7-6-8-21(22)24(32)31(23)20-12-10-19(28)11-13-20/h6-13,17-18H,14-16H2,1-5H3.